The standard InChI is InChI=1S/C15H13BrClN3/c1-10-6-8-18-15-14(10)19-13(5-7-17)20(15)12-4-2-3-11(16)9-12/h2-4,6,8-9H,5,7H2,1H3. The van der Waals surface area contributed by atoms with E-state index in [-0.39, 0.29) is 0 Å². The van der Waals surface area contributed by atoms with Crippen LogP contribution in [0.5, 0.6) is 0 Å². The number of alkyl halides is 1. The molecule has 5 heteroatoms. The highest BCUT2D eigenvalue weighted by Gasteiger charge is 2.14. The zero-order valence-corrected chi connectivity index (χ0v) is 13.3. The number of halogens is 2. The lowest BCUT2D eigenvalue weighted by Crippen LogP contribution is -2.02. The first-order valence-electron chi connectivity index (χ1n) is 6.35. The fourth-order valence-corrected chi connectivity index (χ4v) is 2.83. The number of imidazole rings is 1. The Morgan fingerprint density at radius 1 is 1.30 bits per heavy atom. The van der Waals surface area contributed by atoms with E-state index >= 15 is 0 Å². The lowest BCUT2D eigenvalue weighted by molar-refractivity contribution is 0.905. The number of hydrogen-bond acceptors (Lipinski definition) is 2. The molecule has 0 saturated carbocycles. The SMILES string of the molecule is Cc1ccnc2c1nc(CCCl)n2-c1cccc(Br)c1. The summed E-state index contributed by atoms with van der Waals surface area (Å²) in [5, 5.41) is 0. The summed E-state index contributed by atoms with van der Waals surface area (Å²) in [6.07, 6.45) is 2.53. The van der Waals surface area contributed by atoms with E-state index in [9.17, 15) is 0 Å². The van der Waals surface area contributed by atoms with Crippen LogP contribution in [0.15, 0.2) is 41.0 Å². The van der Waals surface area contributed by atoms with Crippen LogP contribution in [-0.2, 0) is 6.42 Å². The topological polar surface area (TPSA) is 30.7 Å². The molecule has 0 saturated heterocycles. The van der Waals surface area contributed by atoms with Crippen LogP contribution < -0.4 is 0 Å². The zero-order chi connectivity index (χ0) is 14.1. The number of nitrogens with zero attached hydrogens (tertiary/aromatic N) is 3. The summed E-state index contributed by atoms with van der Waals surface area (Å²) in [6, 6.07) is 10.1. The summed E-state index contributed by atoms with van der Waals surface area (Å²) in [4.78, 5) is 9.20. The highest BCUT2D eigenvalue weighted by Crippen LogP contribution is 2.24. The van der Waals surface area contributed by atoms with Crippen LogP contribution in [0.3, 0.4) is 0 Å². The summed E-state index contributed by atoms with van der Waals surface area (Å²) in [5.41, 5.74) is 3.98. The molecule has 0 atom stereocenters. The maximum absolute atomic E-state index is 5.91. The average Bonchev–Trinajstić information content (AvgIpc) is 2.79. The van der Waals surface area contributed by atoms with Crippen molar-refractivity contribution in [2.75, 3.05) is 5.88 Å². The highest BCUT2D eigenvalue weighted by molar-refractivity contribution is 9.10. The lowest BCUT2D eigenvalue weighted by Gasteiger charge is -2.08. The van der Waals surface area contributed by atoms with Crippen LogP contribution >= 0.6 is 27.5 Å². The number of benzene rings is 1. The van der Waals surface area contributed by atoms with Gasteiger partial charge in [0, 0.05) is 28.7 Å². The Morgan fingerprint density at radius 3 is 2.90 bits per heavy atom. The average molecular weight is 351 g/mol. The first-order valence-corrected chi connectivity index (χ1v) is 7.68. The molecule has 3 rings (SSSR count). The Bertz CT molecular complexity index is 767. The molecule has 0 N–H and O–H groups in total. The fourth-order valence-electron chi connectivity index (χ4n) is 2.28. The maximum atomic E-state index is 5.91. The van der Waals surface area contributed by atoms with E-state index in [4.69, 9.17) is 16.6 Å². The molecule has 0 unspecified atom stereocenters. The van der Waals surface area contributed by atoms with Crippen molar-refractivity contribution in [1.82, 2.24) is 14.5 Å². The Labute approximate surface area is 130 Å². The number of hydrogen-bond donors (Lipinski definition) is 0. The minimum Gasteiger partial charge on any atom is -0.281 e. The third kappa shape index (κ3) is 2.34. The Hall–Kier alpha value is -1.39. The quantitative estimate of drug-likeness (QED) is 0.660. The molecule has 3 aromatic rings. The van der Waals surface area contributed by atoms with E-state index in [1.807, 2.05) is 37.4 Å². The van der Waals surface area contributed by atoms with E-state index in [0.717, 1.165) is 32.7 Å². The number of rotatable bonds is 3. The van der Waals surface area contributed by atoms with Crippen molar-refractivity contribution in [2.24, 2.45) is 0 Å². The molecule has 0 aliphatic heterocycles. The molecule has 0 amide bonds. The van der Waals surface area contributed by atoms with E-state index in [1.54, 1.807) is 0 Å². The van der Waals surface area contributed by atoms with Crippen molar-refractivity contribution in [1.29, 1.82) is 0 Å². The van der Waals surface area contributed by atoms with Gasteiger partial charge < -0.3 is 0 Å². The molecule has 2 heterocycles. The fraction of sp³-hybridized carbons (Fsp3) is 0.200. The van der Waals surface area contributed by atoms with Gasteiger partial charge in [0.05, 0.1) is 0 Å². The van der Waals surface area contributed by atoms with Crippen molar-refractivity contribution in [3.63, 3.8) is 0 Å². The van der Waals surface area contributed by atoms with Crippen molar-refractivity contribution in [2.45, 2.75) is 13.3 Å². The predicted octanol–water partition coefficient (Wildman–Crippen LogP) is 4.27. The third-order valence-electron chi connectivity index (χ3n) is 3.20. The van der Waals surface area contributed by atoms with Crippen LogP contribution in [0.2, 0.25) is 0 Å². The van der Waals surface area contributed by atoms with Gasteiger partial charge in [-0.15, -0.1) is 11.6 Å². The van der Waals surface area contributed by atoms with Gasteiger partial charge in [0.25, 0.3) is 0 Å². The molecular weight excluding hydrogens is 338 g/mol. The van der Waals surface area contributed by atoms with Crippen molar-refractivity contribution in [3.8, 4) is 5.69 Å². The Morgan fingerprint density at radius 2 is 2.15 bits per heavy atom. The van der Waals surface area contributed by atoms with Gasteiger partial charge >= 0.3 is 0 Å². The van der Waals surface area contributed by atoms with Crippen molar-refractivity contribution < 1.29 is 0 Å². The maximum Gasteiger partial charge on any atom is 0.164 e. The Kier molecular flexibility index (Phi) is 3.76. The van der Waals surface area contributed by atoms with Crippen LogP contribution in [0.25, 0.3) is 16.9 Å². The van der Waals surface area contributed by atoms with Gasteiger partial charge in [0.1, 0.15) is 11.3 Å². The molecule has 3 nitrogen and oxygen atoms in total. The second kappa shape index (κ2) is 5.54. The van der Waals surface area contributed by atoms with Crippen LogP contribution in [0, 0.1) is 6.92 Å². The second-order valence-corrected chi connectivity index (χ2v) is 5.88. The molecule has 0 radical (unpaired) electrons. The van der Waals surface area contributed by atoms with E-state index in [2.05, 4.69) is 31.5 Å². The van der Waals surface area contributed by atoms with E-state index in [1.165, 1.54) is 0 Å². The van der Waals surface area contributed by atoms with Crippen LogP contribution in [0.4, 0.5) is 0 Å². The van der Waals surface area contributed by atoms with Gasteiger partial charge in [-0.05, 0) is 36.8 Å². The minimum atomic E-state index is 0.538. The molecule has 2 aromatic heterocycles. The molecular formula is C15H13BrClN3. The molecule has 0 fully saturated rings. The molecule has 102 valence electrons. The van der Waals surface area contributed by atoms with Gasteiger partial charge in [0.2, 0.25) is 0 Å². The second-order valence-electron chi connectivity index (χ2n) is 4.58. The van der Waals surface area contributed by atoms with Crippen LogP contribution in [-0.4, -0.2) is 20.4 Å². The van der Waals surface area contributed by atoms with Crippen molar-refractivity contribution in [3.05, 3.63) is 52.4 Å². The first kappa shape index (κ1) is 13.6. The van der Waals surface area contributed by atoms with Gasteiger partial charge in [-0.25, -0.2) is 9.97 Å². The highest BCUT2D eigenvalue weighted by atomic mass is 79.9. The summed E-state index contributed by atoms with van der Waals surface area (Å²) in [7, 11) is 0. The van der Waals surface area contributed by atoms with E-state index in [0.29, 0.717) is 12.3 Å². The number of fused-ring (bicyclic) bond motifs is 1. The van der Waals surface area contributed by atoms with Crippen LogP contribution in [0.1, 0.15) is 11.4 Å². The first-order chi connectivity index (χ1) is 9.70. The number of aryl methyl sites for hydroxylation is 2. The number of pyridine rings is 1. The summed E-state index contributed by atoms with van der Waals surface area (Å²) in [5.74, 6) is 1.48. The van der Waals surface area contributed by atoms with Gasteiger partial charge in [0.15, 0.2) is 5.65 Å². The number of aromatic nitrogens is 3. The van der Waals surface area contributed by atoms with Gasteiger partial charge in [-0.3, -0.25) is 4.57 Å². The minimum absolute atomic E-state index is 0.538. The van der Waals surface area contributed by atoms with Crippen molar-refractivity contribution >= 4 is 38.7 Å². The Balaban J connectivity index is 2.32. The monoisotopic (exact) mass is 349 g/mol. The molecule has 0 aliphatic rings. The normalized spacial score (nSPS) is 11.2. The zero-order valence-electron chi connectivity index (χ0n) is 11.0. The summed E-state index contributed by atoms with van der Waals surface area (Å²) < 4.78 is 3.11. The summed E-state index contributed by atoms with van der Waals surface area (Å²) >= 11 is 9.42. The van der Waals surface area contributed by atoms with E-state index < -0.39 is 0 Å². The predicted molar refractivity (Wildman–Crippen MR) is 85.7 cm³/mol. The largest absolute Gasteiger partial charge is 0.281 e. The molecule has 1 aromatic carbocycles. The smallest absolute Gasteiger partial charge is 0.164 e. The molecule has 20 heavy (non-hydrogen) atoms. The summed E-state index contributed by atoms with van der Waals surface area (Å²) in [6.45, 7) is 2.05. The van der Waals surface area contributed by atoms with Gasteiger partial charge in [-0.2, -0.15) is 0 Å². The molecule has 0 bridgehead atoms. The van der Waals surface area contributed by atoms with Gasteiger partial charge in [-0.1, -0.05) is 22.0 Å². The third-order valence-corrected chi connectivity index (χ3v) is 3.88. The molecule has 0 aliphatic carbocycles. The lowest BCUT2D eigenvalue weighted by atomic mass is 10.2. The molecule has 0 spiro atoms.